The van der Waals surface area contributed by atoms with Gasteiger partial charge in [-0.1, -0.05) is 60.7 Å². The lowest BCUT2D eigenvalue weighted by atomic mass is 10.0. The van der Waals surface area contributed by atoms with Crippen molar-refractivity contribution in [1.29, 1.82) is 0 Å². The van der Waals surface area contributed by atoms with E-state index in [9.17, 15) is 4.79 Å². The molecule has 0 bridgehead atoms. The Bertz CT molecular complexity index is 508. The first-order chi connectivity index (χ1) is 9.61. The minimum Gasteiger partial charge on any atom is -0.351 e. The number of urea groups is 1. The first-order valence-corrected chi connectivity index (χ1v) is 6.79. The molecule has 2 amide bonds. The van der Waals surface area contributed by atoms with Gasteiger partial charge >= 0.3 is 6.03 Å². The summed E-state index contributed by atoms with van der Waals surface area (Å²) in [5, 5.41) is 0. The van der Waals surface area contributed by atoms with E-state index in [4.69, 9.17) is 5.73 Å². The molecule has 2 atom stereocenters. The number of carbonyl (C=O) groups is 1. The molecular formula is C17H20N2O. The molecule has 0 fully saturated rings. The molecule has 0 aliphatic heterocycles. The Morgan fingerprint density at radius 3 is 1.50 bits per heavy atom. The van der Waals surface area contributed by atoms with Crippen LogP contribution in [0.2, 0.25) is 0 Å². The zero-order valence-corrected chi connectivity index (χ0v) is 11.9. The van der Waals surface area contributed by atoms with Crippen LogP contribution in [0.25, 0.3) is 0 Å². The van der Waals surface area contributed by atoms with E-state index in [2.05, 4.69) is 0 Å². The van der Waals surface area contributed by atoms with Crippen LogP contribution in [0.15, 0.2) is 60.7 Å². The lowest BCUT2D eigenvalue weighted by Crippen LogP contribution is -2.39. The number of nitrogens with two attached hydrogens (primary N) is 1. The summed E-state index contributed by atoms with van der Waals surface area (Å²) in [6, 6.07) is 19.3. The van der Waals surface area contributed by atoms with E-state index in [-0.39, 0.29) is 12.1 Å². The zero-order chi connectivity index (χ0) is 14.5. The van der Waals surface area contributed by atoms with E-state index in [1.54, 1.807) is 4.90 Å². The Labute approximate surface area is 120 Å². The summed E-state index contributed by atoms with van der Waals surface area (Å²) in [7, 11) is 0. The SMILES string of the molecule is C[C@H](c1ccccc1)N(C(N)=O)[C@H](C)c1ccccc1. The topological polar surface area (TPSA) is 46.3 Å². The number of hydrogen-bond donors (Lipinski definition) is 1. The normalized spacial score (nSPS) is 13.5. The Morgan fingerprint density at radius 1 is 0.850 bits per heavy atom. The van der Waals surface area contributed by atoms with Gasteiger partial charge < -0.3 is 10.6 Å². The van der Waals surface area contributed by atoms with Gasteiger partial charge in [-0.2, -0.15) is 0 Å². The molecule has 0 aliphatic rings. The largest absolute Gasteiger partial charge is 0.351 e. The highest BCUT2D eigenvalue weighted by atomic mass is 16.2. The van der Waals surface area contributed by atoms with E-state index in [0.717, 1.165) is 11.1 Å². The van der Waals surface area contributed by atoms with Crippen molar-refractivity contribution >= 4 is 6.03 Å². The number of hydrogen-bond acceptors (Lipinski definition) is 1. The van der Waals surface area contributed by atoms with E-state index in [1.165, 1.54) is 0 Å². The number of rotatable bonds is 4. The molecule has 2 aromatic rings. The van der Waals surface area contributed by atoms with Crippen molar-refractivity contribution in [2.45, 2.75) is 25.9 Å². The highest BCUT2D eigenvalue weighted by molar-refractivity contribution is 5.73. The van der Waals surface area contributed by atoms with Crippen LogP contribution in [0.5, 0.6) is 0 Å². The van der Waals surface area contributed by atoms with Crippen LogP contribution in [-0.2, 0) is 0 Å². The molecule has 0 aliphatic carbocycles. The third-order valence-corrected chi connectivity index (χ3v) is 3.65. The first-order valence-electron chi connectivity index (χ1n) is 6.79. The summed E-state index contributed by atoms with van der Waals surface area (Å²) in [6.07, 6.45) is 0. The van der Waals surface area contributed by atoms with Crippen molar-refractivity contribution in [3.8, 4) is 0 Å². The molecule has 20 heavy (non-hydrogen) atoms. The highest BCUT2D eigenvalue weighted by Gasteiger charge is 2.25. The van der Waals surface area contributed by atoms with Crippen LogP contribution >= 0.6 is 0 Å². The van der Waals surface area contributed by atoms with Crippen LogP contribution in [0, 0.1) is 0 Å². The van der Waals surface area contributed by atoms with Gasteiger partial charge in [-0.05, 0) is 25.0 Å². The van der Waals surface area contributed by atoms with E-state index in [1.807, 2.05) is 74.5 Å². The molecule has 3 heteroatoms. The van der Waals surface area contributed by atoms with Crippen LogP contribution in [0.4, 0.5) is 4.79 Å². The Morgan fingerprint density at radius 2 is 1.20 bits per heavy atom. The van der Waals surface area contributed by atoms with Gasteiger partial charge in [-0.15, -0.1) is 0 Å². The van der Waals surface area contributed by atoms with Crippen molar-refractivity contribution in [2.75, 3.05) is 0 Å². The highest BCUT2D eigenvalue weighted by Crippen LogP contribution is 2.29. The summed E-state index contributed by atoms with van der Waals surface area (Å²) >= 11 is 0. The summed E-state index contributed by atoms with van der Waals surface area (Å²) in [6.45, 7) is 4.00. The van der Waals surface area contributed by atoms with E-state index >= 15 is 0 Å². The predicted molar refractivity (Wildman–Crippen MR) is 81.1 cm³/mol. The molecular weight excluding hydrogens is 248 g/mol. The predicted octanol–water partition coefficient (Wildman–Crippen LogP) is 3.89. The standard InChI is InChI=1S/C17H20N2O/c1-13(15-9-5-3-6-10-15)19(17(18)20)14(2)16-11-7-4-8-12-16/h3-14H,1-2H3,(H2,18,20)/t13-,14-/m1/s1. The van der Waals surface area contributed by atoms with Gasteiger partial charge in [0.05, 0.1) is 12.1 Å². The van der Waals surface area contributed by atoms with E-state index in [0.29, 0.717) is 0 Å². The second-order valence-electron chi connectivity index (χ2n) is 4.92. The summed E-state index contributed by atoms with van der Waals surface area (Å²) in [4.78, 5) is 13.6. The molecule has 0 spiro atoms. The molecule has 2 N–H and O–H groups in total. The first kappa shape index (κ1) is 14.1. The Kier molecular flexibility index (Phi) is 4.41. The molecule has 0 heterocycles. The number of amides is 2. The zero-order valence-electron chi connectivity index (χ0n) is 11.9. The fourth-order valence-corrected chi connectivity index (χ4v) is 2.50. The number of primary amides is 1. The fourth-order valence-electron chi connectivity index (χ4n) is 2.50. The number of benzene rings is 2. The number of carbonyl (C=O) groups excluding carboxylic acids is 1. The molecule has 2 aromatic carbocycles. The third kappa shape index (κ3) is 2.99. The van der Waals surface area contributed by atoms with Crippen LogP contribution < -0.4 is 5.73 Å². The average molecular weight is 268 g/mol. The fraction of sp³-hybridized carbons (Fsp3) is 0.235. The van der Waals surface area contributed by atoms with Crippen molar-refractivity contribution in [3.63, 3.8) is 0 Å². The molecule has 0 aromatic heterocycles. The summed E-state index contributed by atoms with van der Waals surface area (Å²) in [5.74, 6) is 0. The maximum atomic E-state index is 11.9. The molecule has 0 radical (unpaired) electrons. The Hall–Kier alpha value is -2.29. The summed E-state index contributed by atoms with van der Waals surface area (Å²) < 4.78 is 0. The van der Waals surface area contributed by atoms with Crippen LogP contribution in [0.3, 0.4) is 0 Å². The maximum Gasteiger partial charge on any atom is 0.315 e. The van der Waals surface area contributed by atoms with Gasteiger partial charge in [0.1, 0.15) is 0 Å². The molecule has 104 valence electrons. The van der Waals surface area contributed by atoms with Crippen molar-refractivity contribution in [2.24, 2.45) is 5.73 Å². The van der Waals surface area contributed by atoms with Crippen molar-refractivity contribution in [3.05, 3.63) is 71.8 Å². The lowest BCUT2D eigenvalue weighted by Gasteiger charge is -2.33. The van der Waals surface area contributed by atoms with E-state index < -0.39 is 6.03 Å². The lowest BCUT2D eigenvalue weighted by molar-refractivity contribution is 0.163. The smallest absolute Gasteiger partial charge is 0.315 e. The quantitative estimate of drug-likeness (QED) is 0.898. The van der Waals surface area contributed by atoms with Gasteiger partial charge in [0.25, 0.3) is 0 Å². The van der Waals surface area contributed by atoms with Crippen LogP contribution in [-0.4, -0.2) is 10.9 Å². The minimum atomic E-state index is -0.405. The molecule has 3 nitrogen and oxygen atoms in total. The van der Waals surface area contributed by atoms with Gasteiger partial charge in [-0.25, -0.2) is 4.79 Å². The van der Waals surface area contributed by atoms with Crippen molar-refractivity contribution in [1.82, 2.24) is 4.90 Å². The second kappa shape index (κ2) is 6.24. The minimum absolute atomic E-state index is 0.0658. The average Bonchev–Trinajstić information content (AvgIpc) is 2.48. The molecule has 0 saturated carbocycles. The maximum absolute atomic E-state index is 11.9. The summed E-state index contributed by atoms with van der Waals surface area (Å²) in [5.41, 5.74) is 7.76. The molecule has 0 saturated heterocycles. The molecule has 2 rings (SSSR count). The monoisotopic (exact) mass is 268 g/mol. The Balaban J connectivity index is 2.30. The van der Waals surface area contributed by atoms with Gasteiger partial charge in [0.15, 0.2) is 0 Å². The van der Waals surface area contributed by atoms with Gasteiger partial charge in [0, 0.05) is 0 Å². The van der Waals surface area contributed by atoms with Crippen LogP contribution in [0.1, 0.15) is 37.1 Å². The van der Waals surface area contributed by atoms with Crippen molar-refractivity contribution < 1.29 is 4.79 Å². The second-order valence-corrected chi connectivity index (χ2v) is 4.92. The number of nitrogens with zero attached hydrogens (tertiary/aromatic N) is 1. The molecule has 0 unspecified atom stereocenters. The van der Waals surface area contributed by atoms with Gasteiger partial charge in [-0.3, -0.25) is 0 Å². The van der Waals surface area contributed by atoms with Gasteiger partial charge in [0.2, 0.25) is 0 Å². The third-order valence-electron chi connectivity index (χ3n) is 3.65.